The highest BCUT2D eigenvalue weighted by atomic mass is 127. The molecule has 19 heavy (non-hydrogen) atoms. The molecule has 0 atom stereocenters. The minimum absolute atomic E-state index is 0.113. The lowest BCUT2D eigenvalue weighted by Crippen LogP contribution is -2.24. The van der Waals surface area contributed by atoms with Crippen LogP contribution in [-0.4, -0.2) is 14.3 Å². The molecule has 0 spiro atoms. The van der Waals surface area contributed by atoms with Gasteiger partial charge in [-0.05, 0) is 23.8 Å². The lowest BCUT2D eigenvalue weighted by Gasteiger charge is -2.02. The van der Waals surface area contributed by atoms with Crippen LogP contribution in [0.15, 0.2) is 29.1 Å². The molecule has 0 bridgehead atoms. The van der Waals surface area contributed by atoms with Crippen LogP contribution in [0.2, 0.25) is 0 Å². The van der Waals surface area contributed by atoms with E-state index in [1.165, 1.54) is 4.68 Å². The smallest absolute Gasteiger partial charge is 0.275 e. The maximum Gasteiger partial charge on any atom is 0.347 e. The zero-order valence-electron chi connectivity index (χ0n) is 10.9. The summed E-state index contributed by atoms with van der Waals surface area (Å²) in [6.45, 7) is 4.89. The summed E-state index contributed by atoms with van der Waals surface area (Å²) >= 11 is 1.96. The van der Waals surface area contributed by atoms with E-state index in [1.807, 2.05) is 60.7 Å². The Labute approximate surface area is 125 Å². The summed E-state index contributed by atoms with van der Waals surface area (Å²) in [7, 11) is 0. The molecule has 0 N–H and O–H groups in total. The molecule has 0 saturated carbocycles. The lowest BCUT2D eigenvalue weighted by molar-refractivity contribution is 0.649. The summed E-state index contributed by atoms with van der Waals surface area (Å²) in [6.07, 6.45) is 0. The summed E-state index contributed by atoms with van der Waals surface area (Å²) in [5.74, 6) is 3.56. The minimum atomic E-state index is -0.113. The van der Waals surface area contributed by atoms with Gasteiger partial charge >= 0.3 is 5.69 Å². The number of nitrogens with zero attached hydrogens (tertiary/aromatic N) is 3. The van der Waals surface area contributed by atoms with Crippen molar-refractivity contribution in [3.63, 3.8) is 0 Å². The summed E-state index contributed by atoms with van der Waals surface area (Å²) in [4.78, 5) is 12.2. The average molecular weight is 367 g/mol. The molecular weight excluding hydrogens is 353 g/mol. The van der Waals surface area contributed by atoms with Crippen molar-refractivity contribution in [2.24, 2.45) is 0 Å². The largest absolute Gasteiger partial charge is 0.347 e. The Kier molecular flexibility index (Phi) is 4.43. The van der Waals surface area contributed by atoms with Crippen LogP contribution in [0.4, 0.5) is 0 Å². The summed E-state index contributed by atoms with van der Waals surface area (Å²) in [6, 6.07) is 7.99. The zero-order valence-corrected chi connectivity index (χ0v) is 13.0. The molecule has 1 aromatic heterocycles. The second kappa shape index (κ2) is 6.06. The highest BCUT2D eigenvalue weighted by Crippen LogP contribution is 2.16. The molecule has 0 aliphatic carbocycles. The lowest BCUT2D eigenvalue weighted by atomic mass is 10.1. The first kappa shape index (κ1) is 13.9. The number of hydrogen-bond donors (Lipinski definition) is 0. The average Bonchev–Trinajstić information content (AvgIpc) is 2.73. The fraction of sp³-hybridized carbons (Fsp3) is 0.286. The quantitative estimate of drug-likeness (QED) is 0.618. The second-order valence-electron chi connectivity index (χ2n) is 4.15. The van der Waals surface area contributed by atoms with Crippen molar-refractivity contribution in [3.05, 3.63) is 40.3 Å². The van der Waals surface area contributed by atoms with E-state index >= 15 is 0 Å². The third kappa shape index (κ3) is 2.89. The Morgan fingerprint density at radius 3 is 2.84 bits per heavy atom. The molecule has 2 aromatic rings. The molecule has 0 aliphatic heterocycles. The van der Waals surface area contributed by atoms with Gasteiger partial charge in [0.25, 0.3) is 0 Å². The number of benzene rings is 1. The Bertz CT molecular complexity index is 703. The summed E-state index contributed by atoms with van der Waals surface area (Å²) < 4.78 is 5.83. The van der Waals surface area contributed by atoms with E-state index < -0.39 is 0 Å². The normalized spacial score (nSPS) is 10.1. The van der Waals surface area contributed by atoms with Gasteiger partial charge in [-0.2, -0.15) is 0 Å². The van der Waals surface area contributed by atoms with Gasteiger partial charge in [-0.1, -0.05) is 29.7 Å². The van der Waals surface area contributed by atoms with Crippen molar-refractivity contribution in [2.45, 2.75) is 26.9 Å². The molecule has 4 nitrogen and oxygen atoms in total. The number of halogens is 1. The predicted octanol–water partition coefficient (Wildman–Crippen LogP) is 2.44. The van der Waals surface area contributed by atoms with Gasteiger partial charge in [-0.15, -0.1) is 5.10 Å². The first-order chi connectivity index (χ1) is 9.17. The number of rotatable bonds is 3. The minimum Gasteiger partial charge on any atom is -0.275 e. The van der Waals surface area contributed by atoms with Crippen molar-refractivity contribution in [3.8, 4) is 21.2 Å². The van der Waals surface area contributed by atoms with E-state index in [1.54, 1.807) is 4.57 Å². The molecule has 0 amide bonds. The number of aromatic nitrogens is 3. The van der Waals surface area contributed by atoms with E-state index in [0.29, 0.717) is 18.9 Å². The Hall–Kier alpha value is -1.55. The SMILES string of the molecule is CCn1c(-c2cccc(C)c2)nn(CC#CI)c1=O. The standard InChI is InChI=1S/C14H14IN3O/c1-3-17-13(12-7-4-6-11(2)10-12)16-18(14(17)19)9-5-8-15/h4,6-7,10H,3,9H2,1-2H3. The van der Waals surface area contributed by atoms with Gasteiger partial charge in [-0.25, -0.2) is 9.48 Å². The van der Waals surface area contributed by atoms with Crippen LogP contribution in [0.1, 0.15) is 12.5 Å². The maximum absolute atomic E-state index is 12.2. The first-order valence-electron chi connectivity index (χ1n) is 6.00. The number of hydrogen-bond acceptors (Lipinski definition) is 2. The summed E-state index contributed by atoms with van der Waals surface area (Å²) in [5, 5.41) is 4.39. The van der Waals surface area contributed by atoms with Crippen LogP contribution in [-0.2, 0) is 13.1 Å². The monoisotopic (exact) mass is 367 g/mol. The van der Waals surface area contributed by atoms with E-state index in [4.69, 9.17) is 0 Å². The van der Waals surface area contributed by atoms with Crippen LogP contribution in [0, 0.1) is 16.8 Å². The fourth-order valence-electron chi connectivity index (χ4n) is 1.93. The first-order valence-corrected chi connectivity index (χ1v) is 7.08. The molecule has 98 valence electrons. The molecule has 0 fully saturated rings. The van der Waals surface area contributed by atoms with E-state index in [0.717, 1.165) is 11.1 Å². The van der Waals surface area contributed by atoms with Gasteiger partial charge in [-0.3, -0.25) is 4.57 Å². The molecule has 2 rings (SSSR count). The van der Waals surface area contributed by atoms with Crippen LogP contribution >= 0.6 is 22.6 Å². The maximum atomic E-state index is 12.2. The third-order valence-corrected chi connectivity index (χ3v) is 3.19. The highest BCUT2D eigenvalue weighted by Gasteiger charge is 2.13. The van der Waals surface area contributed by atoms with Crippen LogP contribution < -0.4 is 5.69 Å². The van der Waals surface area contributed by atoms with Crippen molar-refractivity contribution >= 4 is 22.6 Å². The molecule has 5 heteroatoms. The van der Waals surface area contributed by atoms with E-state index in [9.17, 15) is 4.79 Å². The molecule has 0 aliphatic rings. The van der Waals surface area contributed by atoms with Crippen LogP contribution in [0.5, 0.6) is 0 Å². The van der Waals surface area contributed by atoms with E-state index in [2.05, 4.69) is 14.9 Å². The molecule has 1 heterocycles. The van der Waals surface area contributed by atoms with Gasteiger partial charge in [0.2, 0.25) is 0 Å². The van der Waals surface area contributed by atoms with Crippen molar-refractivity contribution in [1.29, 1.82) is 0 Å². The topological polar surface area (TPSA) is 39.8 Å². The summed E-state index contributed by atoms with van der Waals surface area (Å²) in [5.41, 5.74) is 1.99. The van der Waals surface area contributed by atoms with Crippen molar-refractivity contribution < 1.29 is 0 Å². The second-order valence-corrected chi connectivity index (χ2v) is 4.69. The highest BCUT2D eigenvalue weighted by molar-refractivity contribution is 14.1. The molecule has 1 aromatic carbocycles. The molecular formula is C14H14IN3O. The third-order valence-electron chi connectivity index (χ3n) is 2.81. The molecule has 0 radical (unpaired) electrons. The van der Waals surface area contributed by atoms with Crippen molar-refractivity contribution in [1.82, 2.24) is 14.3 Å². The fourth-order valence-corrected chi connectivity index (χ4v) is 2.10. The Morgan fingerprint density at radius 1 is 1.42 bits per heavy atom. The van der Waals surface area contributed by atoms with Gasteiger partial charge in [0.15, 0.2) is 5.82 Å². The van der Waals surface area contributed by atoms with E-state index in [-0.39, 0.29) is 5.69 Å². The zero-order chi connectivity index (χ0) is 13.8. The van der Waals surface area contributed by atoms with Gasteiger partial charge in [0.1, 0.15) is 6.54 Å². The number of aryl methyl sites for hydroxylation is 1. The van der Waals surface area contributed by atoms with Crippen LogP contribution in [0.25, 0.3) is 11.4 Å². The Morgan fingerprint density at radius 2 is 2.21 bits per heavy atom. The van der Waals surface area contributed by atoms with Crippen LogP contribution in [0.3, 0.4) is 0 Å². The molecule has 0 saturated heterocycles. The molecule has 0 unspecified atom stereocenters. The van der Waals surface area contributed by atoms with Gasteiger partial charge < -0.3 is 0 Å². The Balaban J connectivity index is 2.56. The predicted molar refractivity (Wildman–Crippen MR) is 84.1 cm³/mol. The van der Waals surface area contributed by atoms with Gasteiger partial charge in [0.05, 0.1) is 0 Å². The van der Waals surface area contributed by atoms with Gasteiger partial charge in [0, 0.05) is 34.7 Å². The van der Waals surface area contributed by atoms with Crippen molar-refractivity contribution in [2.75, 3.05) is 0 Å².